The number of amides is 1. The van der Waals surface area contributed by atoms with Gasteiger partial charge in [-0.05, 0) is 42.8 Å². The maximum atomic E-state index is 13.8. The SMILES string of the molecule is Cc1cccc(Cn2cnc(NC(=O)c3cc4nc(-c5ccc(F)cc5)cc(C(F)(F)F)n4n3)n2)c1. The number of alkyl halides is 3. The Bertz CT molecular complexity index is 1570. The molecule has 5 aromatic rings. The summed E-state index contributed by atoms with van der Waals surface area (Å²) in [6.07, 6.45) is -3.36. The Morgan fingerprint density at radius 3 is 2.53 bits per heavy atom. The molecule has 1 amide bonds. The highest BCUT2D eigenvalue weighted by Crippen LogP contribution is 2.32. The zero-order valence-electron chi connectivity index (χ0n) is 18.7. The standard InChI is InChI=1S/C24H17F4N7O/c1-14-3-2-4-15(9-14)12-34-13-29-23(33-34)31-22(36)19-11-21-30-18(16-5-7-17(25)8-6-16)10-20(24(26,27)28)35(21)32-19/h2-11,13H,12H2,1H3,(H,31,33,36). The van der Waals surface area contributed by atoms with Crippen molar-refractivity contribution in [2.75, 3.05) is 5.32 Å². The average molecular weight is 495 g/mol. The van der Waals surface area contributed by atoms with E-state index in [1.54, 1.807) is 0 Å². The first kappa shape index (κ1) is 23.1. The van der Waals surface area contributed by atoms with E-state index in [1.807, 2.05) is 31.2 Å². The molecule has 0 fully saturated rings. The number of fused-ring (bicyclic) bond motifs is 1. The van der Waals surface area contributed by atoms with Gasteiger partial charge < -0.3 is 0 Å². The van der Waals surface area contributed by atoms with Gasteiger partial charge in [0, 0.05) is 11.6 Å². The van der Waals surface area contributed by atoms with Crippen LogP contribution in [0, 0.1) is 12.7 Å². The van der Waals surface area contributed by atoms with Crippen molar-refractivity contribution in [3.05, 3.63) is 95.3 Å². The molecule has 0 saturated carbocycles. The van der Waals surface area contributed by atoms with Crippen LogP contribution in [-0.4, -0.2) is 35.3 Å². The predicted octanol–water partition coefficient (Wildman–Crippen LogP) is 4.75. The molecule has 182 valence electrons. The maximum Gasteiger partial charge on any atom is 0.433 e. The number of halogens is 4. The Hall–Kier alpha value is -4.61. The molecule has 0 aliphatic carbocycles. The second-order valence-electron chi connectivity index (χ2n) is 8.04. The number of nitrogens with one attached hydrogen (secondary N) is 1. The average Bonchev–Trinajstić information content (AvgIpc) is 3.45. The highest BCUT2D eigenvalue weighted by molar-refractivity contribution is 6.02. The first-order valence-corrected chi connectivity index (χ1v) is 10.7. The molecule has 0 saturated heterocycles. The molecular formula is C24H17F4N7O. The summed E-state index contributed by atoms with van der Waals surface area (Å²) in [6, 6.07) is 14.6. The summed E-state index contributed by atoms with van der Waals surface area (Å²) in [7, 11) is 0. The second-order valence-corrected chi connectivity index (χ2v) is 8.04. The lowest BCUT2D eigenvalue weighted by Gasteiger charge is -2.11. The van der Waals surface area contributed by atoms with Gasteiger partial charge in [0.25, 0.3) is 5.91 Å². The number of benzene rings is 2. The molecule has 0 aliphatic heterocycles. The molecule has 8 nitrogen and oxygen atoms in total. The van der Waals surface area contributed by atoms with Gasteiger partial charge in [0.2, 0.25) is 5.95 Å². The largest absolute Gasteiger partial charge is 0.433 e. The molecule has 0 atom stereocenters. The van der Waals surface area contributed by atoms with Crippen molar-refractivity contribution in [3.63, 3.8) is 0 Å². The van der Waals surface area contributed by atoms with Crippen molar-refractivity contribution in [3.8, 4) is 11.3 Å². The third-order valence-electron chi connectivity index (χ3n) is 5.28. The van der Waals surface area contributed by atoms with Crippen molar-refractivity contribution in [2.24, 2.45) is 0 Å². The zero-order valence-corrected chi connectivity index (χ0v) is 18.7. The molecule has 0 spiro atoms. The van der Waals surface area contributed by atoms with Gasteiger partial charge in [-0.15, -0.1) is 5.10 Å². The quantitative estimate of drug-likeness (QED) is 0.356. The second kappa shape index (κ2) is 8.87. The van der Waals surface area contributed by atoms with Crippen molar-refractivity contribution in [2.45, 2.75) is 19.6 Å². The number of anilines is 1. The van der Waals surface area contributed by atoms with E-state index in [-0.39, 0.29) is 28.5 Å². The summed E-state index contributed by atoms with van der Waals surface area (Å²) >= 11 is 0. The molecule has 0 unspecified atom stereocenters. The van der Waals surface area contributed by atoms with E-state index in [2.05, 4.69) is 25.5 Å². The normalized spacial score (nSPS) is 11.7. The monoisotopic (exact) mass is 495 g/mol. The zero-order chi connectivity index (χ0) is 25.4. The van der Waals surface area contributed by atoms with Gasteiger partial charge in [0.1, 0.15) is 12.1 Å². The Kier molecular flexibility index (Phi) is 5.71. The lowest BCUT2D eigenvalue weighted by atomic mass is 10.1. The first-order valence-electron chi connectivity index (χ1n) is 10.7. The number of carbonyl (C=O) groups excluding carboxylic acids is 1. The van der Waals surface area contributed by atoms with Crippen LogP contribution in [0.1, 0.15) is 27.3 Å². The van der Waals surface area contributed by atoms with Crippen LogP contribution in [0.25, 0.3) is 16.9 Å². The fourth-order valence-electron chi connectivity index (χ4n) is 3.65. The van der Waals surface area contributed by atoms with Gasteiger partial charge in [-0.1, -0.05) is 29.8 Å². The van der Waals surface area contributed by atoms with Gasteiger partial charge in [-0.25, -0.2) is 23.6 Å². The van der Waals surface area contributed by atoms with E-state index in [1.165, 1.54) is 23.1 Å². The minimum Gasteiger partial charge on any atom is -0.288 e. The number of hydrogen-bond donors (Lipinski definition) is 1. The van der Waals surface area contributed by atoms with E-state index in [0.717, 1.165) is 35.4 Å². The Morgan fingerprint density at radius 2 is 1.81 bits per heavy atom. The van der Waals surface area contributed by atoms with Gasteiger partial charge in [0.05, 0.1) is 12.2 Å². The number of hydrogen-bond acceptors (Lipinski definition) is 5. The van der Waals surface area contributed by atoms with Crippen LogP contribution in [0.15, 0.2) is 67.0 Å². The van der Waals surface area contributed by atoms with E-state index in [4.69, 9.17) is 0 Å². The van der Waals surface area contributed by atoms with Crippen LogP contribution in [0.4, 0.5) is 23.5 Å². The molecule has 36 heavy (non-hydrogen) atoms. The van der Waals surface area contributed by atoms with Crippen LogP contribution in [0.2, 0.25) is 0 Å². The summed E-state index contributed by atoms with van der Waals surface area (Å²) in [5, 5.41) is 10.4. The Labute approximate surface area is 201 Å². The molecule has 0 bridgehead atoms. The molecule has 2 aromatic carbocycles. The lowest BCUT2D eigenvalue weighted by Crippen LogP contribution is -2.16. The topological polar surface area (TPSA) is 90.0 Å². The molecular weight excluding hydrogens is 478 g/mol. The number of aryl methyl sites for hydroxylation is 1. The van der Waals surface area contributed by atoms with Crippen LogP contribution >= 0.6 is 0 Å². The lowest BCUT2D eigenvalue weighted by molar-refractivity contribution is -0.142. The summed E-state index contributed by atoms with van der Waals surface area (Å²) in [6.45, 7) is 2.39. The smallest absolute Gasteiger partial charge is 0.288 e. The van der Waals surface area contributed by atoms with E-state index < -0.39 is 23.6 Å². The summed E-state index contributed by atoms with van der Waals surface area (Å²) < 4.78 is 56.6. The summed E-state index contributed by atoms with van der Waals surface area (Å²) in [4.78, 5) is 20.9. The van der Waals surface area contributed by atoms with Gasteiger partial charge in [-0.3, -0.25) is 10.1 Å². The Balaban J connectivity index is 1.42. The summed E-state index contributed by atoms with van der Waals surface area (Å²) in [5.41, 5.74) is 0.666. The fraction of sp³-hybridized carbons (Fsp3) is 0.125. The fourth-order valence-corrected chi connectivity index (χ4v) is 3.65. The molecule has 0 aliphatic rings. The van der Waals surface area contributed by atoms with Crippen molar-refractivity contribution < 1.29 is 22.4 Å². The third-order valence-corrected chi connectivity index (χ3v) is 5.28. The minimum atomic E-state index is -4.79. The van der Waals surface area contributed by atoms with Gasteiger partial charge in [0.15, 0.2) is 17.0 Å². The van der Waals surface area contributed by atoms with Crippen molar-refractivity contribution >= 4 is 17.5 Å². The molecule has 5 rings (SSSR count). The van der Waals surface area contributed by atoms with Crippen LogP contribution in [-0.2, 0) is 12.7 Å². The molecule has 0 radical (unpaired) electrons. The third kappa shape index (κ3) is 4.78. The van der Waals surface area contributed by atoms with Crippen molar-refractivity contribution in [1.82, 2.24) is 29.4 Å². The predicted molar refractivity (Wildman–Crippen MR) is 122 cm³/mol. The summed E-state index contributed by atoms with van der Waals surface area (Å²) in [5.74, 6) is -1.36. The first-order chi connectivity index (χ1) is 17.2. The molecule has 3 heterocycles. The van der Waals surface area contributed by atoms with Gasteiger partial charge in [-0.2, -0.15) is 18.3 Å². The molecule has 1 N–H and O–H groups in total. The van der Waals surface area contributed by atoms with Gasteiger partial charge >= 0.3 is 6.18 Å². The van der Waals surface area contributed by atoms with E-state index in [9.17, 15) is 22.4 Å². The van der Waals surface area contributed by atoms with Crippen LogP contribution < -0.4 is 5.32 Å². The Morgan fingerprint density at radius 1 is 1.03 bits per heavy atom. The molecule has 3 aromatic heterocycles. The number of nitrogens with zero attached hydrogens (tertiary/aromatic N) is 6. The highest BCUT2D eigenvalue weighted by atomic mass is 19.4. The van der Waals surface area contributed by atoms with Crippen LogP contribution in [0.3, 0.4) is 0 Å². The van der Waals surface area contributed by atoms with Crippen LogP contribution in [0.5, 0.6) is 0 Å². The maximum absolute atomic E-state index is 13.8. The number of carbonyl (C=O) groups is 1. The van der Waals surface area contributed by atoms with Crippen molar-refractivity contribution in [1.29, 1.82) is 0 Å². The number of rotatable bonds is 5. The highest BCUT2D eigenvalue weighted by Gasteiger charge is 2.35. The van der Waals surface area contributed by atoms with E-state index in [0.29, 0.717) is 11.1 Å². The number of aromatic nitrogens is 6. The van der Waals surface area contributed by atoms with E-state index >= 15 is 0 Å². The minimum absolute atomic E-state index is 0.0271. The molecule has 12 heteroatoms.